The molecule has 0 aliphatic carbocycles. The minimum absolute atomic E-state index is 0.829. The first kappa shape index (κ1) is 8.00. The van der Waals surface area contributed by atoms with E-state index in [1.54, 1.807) is 11.8 Å². The highest BCUT2D eigenvalue weighted by Crippen LogP contribution is 2.25. The summed E-state index contributed by atoms with van der Waals surface area (Å²) in [4.78, 5) is 10.0. The molecule has 0 N–H and O–H groups in total. The summed E-state index contributed by atoms with van der Waals surface area (Å²) in [6.07, 6.45) is 4.02. The number of benzene rings is 1. The molecule has 2 aliphatic heterocycles. The summed E-state index contributed by atoms with van der Waals surface area (Å²) < 4.78 is 0. The van der Waals surface area contributed by atoms with Crippen LogP contribution in [0.2, 0.25) is 0 Å². The average molecular weight is 200 g/mol. The molecule has 2 aliphatic rings. The van der Waals surface area contributed by atoms with Gasteiger partial charge in [-0.05, 0) is 12.1 Å². The van der Waals surface area contributed by atoms with Crippen molar-refractivity contribution in [2.45, 2.75) is 0 Å². The van der Waals surface area contributed by atoms with Crippen LogP contribution in [0.25, 0.3) is 6.08 Å². The van der Waals surface area contributed by atoms with Crippen molar-refractivity contribution in [1.82, 2.24) is 0 Å². The number of rotatable bonds is 0. The zero-order chi connectivity index (χ0) is 9.38. The number of allylic oxidation sites excluding steroid dienone is 1. The highest BCUT2D eigenvalue weighted by Gasteiger charge is 2.12. The average Bonchev–Trinajstić information content (AvgIpc) is 2.58. The molecule has 0 fully saturated rings. The predicted molar refractivity (Wildman–Crippen MR) is 59.7 cm³/mol. The van der Waals surface area contributed by atoms with E-state index in [4.69, 9.17) is 0 Å². The molecule has 68 valence electrons. The molecule has 0 saturated carbocycles. The molecule has 0 aromatic heterocycles. The molecule has 0 unspecified atom stereocenters. The van der Waals surface area contributed by atoms with E-state index in [-0.39, 0.29) is 0 Å². The predicted octanol–water partition coefficient (Wildman–Crippen LogP) is 1.09. The van der Waals surface area contributed by atoms with E-state index in [2.05, 4.69) is 22.1 Å². The van der Waals surface area contributed by atoms with Gasteiger partial charge in [0.25, 0.3) is 0 Å². The first-order valence-electron chi connectivity index (χ1n) is 4.46. The number of nitrogens with zero attached hydrogens (tertiary/aromatic N) is 2. The van der Waals surface area contributed by atoms with E-state index in [1.807, 2.05) is 24.4 Å². The molecule has 0 radical (unpaired) electrons. The van der Waals surface area contributed by atoms with Crippen molar-refractivity contribution in [1.29, 1.82) is 0 Å². The SMILES string of the molecule is C1=C2SCN=C2C=c2ccccc2=N1. The Morgan fingerprint density at radius 1 is 1.21 bits per heavy atom. The van der Waals surface area contributed by atoms with Crippen molar-refractivity contribution < 1.29 is 0 Å². The van der Waals surface area contributed by atoms with Crippen LogP contribution < -0.4 is 10.6 Å². The summed E-state index contributed by atoms with van der Waals surface area (Å²) in [6.45, 7) is 0. The van der Waals surface area contributed by atoms with Gasteiger partial charge < -0.3 is 0 Å². The largest absolute Gasteiger partial charge is 0.273 e. The Kier molecular flexibility index (Phi) is 1.77. The van der Waals surface area contributed by atoms with Gasteiger partial charge in [-0.2, -0.15) is 0 Å². The lowest BCUT2D eigenvalue weighted by atomic mass is 10.2. The number of aliphatic imine (C=N–C) groups is 1. The molecular formula is C11H8N2S. The first-order valence-corrected chi connectivity index (χ1v) is 5.44. The van der Waals surface area contributed by atoms with Gasteiger partial charge in [-0.15, -0.1) is 0 Å². The maximum Gasteiger partial charge on any atom is 0.0899 e. The maximum absolute atomic E-state index is 4.43. The Bertz CT molecular complexity index is 555. The van der Waals surface area contributed by atoms with E-state index in [9.17, 15) is 0 Å². The number of hydrogen-bond donors (Lipinski definition) is 0. The summed E-state index contributed by atoms with van der Waals surface area (Å²) in [7, 11) is 0. The second kappa shape index (κ2) is 3.10. The Morgan fingerprint density at radius 3 is 3.14 bits per heavy atom. The van der Waals surface area contributed by atoms with Crippen LogP contribution in [0.3, 0.4) is 0 Å². The molecule has 3 heteroatoms. The van der Waals surface area contributed by atoms with Crippen molar-refractivity contribution in [3.8, 4) is 0 Å². The van der Waals surface area contributed by atoms with E-state index in [0.717, 1.165) is 22.2 Å². The number of fused-ring (bicyclic) bond motifs is 2. The van der Waals surface area contributed by atoms with Gasteiger partial charge in [0, 0.05) is 11.4 Å². The summed E-state index contributed by atoms with van der Waals surface area (Å²) >= 11 is 1.74. The van der Waals surface area contributed by atoms with Crippen molar-refractivity contribution in [2.75, 3.05) is 5.88 Å². The molecule has 14 heavy (non-hydrogen) atoms. The molecule has 1 aromatic rings. The van der Waals surface area contributed by atoms with Gasteiger partial charge in [0.1, 0.15) is 0 Å². The molecule has 1 aromatic carbocycles. The van der Waals surface area contributed by atoms with E-state index in [0.29, 0.717) is 0 Å². The minimum atomic E-state index is 0.829. The Balaban J connectivity index is 2.35. The van der Waals surface area contributed by atoms with Crippen molar-refractivity contribution >= 4 is 23.5 Å². The monoisotopic (exact) mass is 200 g/mol. The van der Waals surface area contributed by atoms with Crippen LogP contribution in [0, 0.1) is 0 Å². The van der Waals surface area contributed by atoms with E-state index >= 15 is 0 Å². The second-order valence-corrected chi connectivity index (χ2v) is 4.13. The second-order valence-electron chi connectivity index (χ2n) is 3.14. The van der Waals surface area contributed by atoms with Crippen LogP contribution in [0.15, 0.2) is 45.4 Å². The first-order chi connectivity index (χ1) is 6.93. The van der Waals surface area contributed by atoms with Gasteiger partial charge in [0.05, 0.1) is 21.9 Å². The fourth-order valence-electron chi connectivity index (χ4n) is 1.55. The molecule has 2 nitrogen and oxygen atoms in total. The summed E-state index contributed by atoms with van der Waals surface area (Å²) in [5, 5.41) is 2.18. The van der Waals surface area contributed by atoms with Crippen molar-refractivity contribution in [3.05, 3.63) is 45.9 Å². The molecule has 3 rings (SSSR count). The van der Waals surface area contributed by atoms with Gasteiger partial charge in [-0.3, -0.25) is 9.98 Å². The smallest absolute Gasteiger partial charge is 0.0899 e. The molecule has 0 amide bonds. The van der Waals surface area contributed by atoms with Gasteiger partial charge in [0.2, 0.25) is 0 Å². The van der Waals surface area contributed by atoms with Crippen molar-refractivity contribution in [3.63, 3.8) is 0 Å². The third-order valence-electron chi connectivity index (χ3n) is 2.26. The minimum Gasteiger partial charge on any atom is -0.273 e. The van der Waals surface area contributed by atoms with Crippen molar-refractivity contribution in [2.24, 2.45) is 9.98 Å². The van der Waals surface area contributed by atoms with E-state index < -0.39 is 0 Å². The van der Waals surface area contributed by atoms with Gasteiger partial charge >= 0.3 is 0 Å². The fourth-order valence-corrected chi connectivity index (χ4v) is 2.29. The quantitative estimate of drug-likeness (QED) is 0.615. The normalized spacial score (nSPS) is 18.0. The maximum atomic E-state index is 4.43. The third kappa shape index (κ3) is 1.21. The Labute approximate surface area is 85.8 Å². The van der Waals surface area contributed by atoms with Crippen LogP contribution in [-0.2, 0) is 0 Å². The zero-order valence-electron chi connectivity index (χ0n) is 7.47. The third-order valence-corrected chi connectivity index (χ3v) is 3.14. The van der Waals surface area contributed by atoms with E-state index in [1.165, 1.54) is 4.91 Å². The molecule has 0 bridgehead atoms. The highest BCUT2D eigenvalue weighted by molar-refractivity contribution is 8.04. The zero-order valence-corrected chi connectivity index (χ0v) is 8.29. The van der Waals surface area contributed by atoms with Crippen LogP contribution in [-0.4, -0.2) is 11.6 Å². The van der Waals surface area contributed by atoms with Gasteiger partial charge in [0.15, 0.2) is 0 Å². The number of hydrogen-bond acceptors (Lipinski definition) is 3. The lowest BCUT2D eigenvalue weighted by Crippen LogP contribution is -2.23. The Hall–Kier alpha value is -1.35. The summed E-state index contributed by atoms with van der Waals surface area (Å²) in [6, 6.07) is 8.12. The van der Waals surface area contributed by atoms with Crippen LogP contribution >= 0.6 is 11.8 Å². The number of para-hydroxylation sites is 1. The van der Waals surface area contributed by atoms with Crippen LogP contribution in [0.4, 0.5) is 0 Å². The Morgan fingerprint density at radius 2 is 2.14 bits per heavy atom. The molecule has 0 saturated heterocycles. The summed E-state index contributed by atoms with van der Waals surface area (Å²) in [5.74, 6) is 0.829. The standard InChI is InChI=1S/C11H8N2S/c1-2-4-9-8(3-1)5-10-11(6-12-9)14-7-13-10/h1-6H,7H2. The van der Waals surface area contributed by atoms with Crippen LogP contribution in [0.1, 0.15) is 0 Å². The number of thioether (sulfide) groups is 1. The molecular weight excluding hydrogens is 192 g/mol. The molecule has 2 heterocycles. The lowest BCUT2D eigenvalue weighted by molar-refractivity contribution is 1.31. The van der Waals surface area contributed by atoms with Gasteiger partial charge in [-0.25, -0.2) is 0 Å². The highest BCUT2D eigenvalue weighted by atomic mass is 32.2. The molecule has 0 atom stereocenters. The van der Waals surface area contributed by atoms with Gasteiger partial charge in [-0.1, -0.05) is 30.0 Å². The summed E-state index contributed by atoms with van der Waals surface area (Å²) in [5.41, 5.74) is 1.07. The fraction of sp³-hybridized carbons (Fsp3) is 0.0909. The van der Waals surface area contributed by atoms with Crippen LogP contribution in [0.5, 0.6) is 0 Å². The topological polar surface area (TPSA) is 24.7 Å². The molecule has 0 spiro atoms. The lowest BCUT2D eigenvalue weighted by Gasteiger charge is -1.90.